The molecule has 0 amide bonds. The first-order valence-corrected chi connectivity index (χ1v) is 17.9. The van der Waals surface area contributed by atoms with Gasteiger partial charge in [-0.15, -0.1) is 0 Å². The lowest BCUT2D eigenvalue weighted by Crippen LogP contribution is -2.38. The predicted molar refractivity (Wildman–Crippen MR) is 161 cm³/mol. The van der Waals surface area contributed by atoms with Crippen LogP contribution in [-0.2, 0) is 36.7 Å². The molecule has 7 rings (SSSR count). The van der Waals surface area contributed by atoms with Gasteiger partial charge in [0.25, 0.3) is 11.1 Å². The number of imidazole rings is 2. The number of nitrogens with zero attached hydrogens (tertiary/aromatic N) is 6. The summed E-state index contributed by atoms with van der Waals surface area (Å²) in [5.41, 5.74) is 9.78. The average Bonchev–Trinajstić information content (AvgIpc) is 3.76. The number of aromatic amines is 2. The van der Waals surface area contributed by atoms with E-state index in [2.05, 4.69) is 48.7 Å². The van der Waals surface area contributed by atoms with Crippen molar-refractivity contribution in [2.24, 2.45) is 0 Å². The zero-order valence-corrected chi connectivity index (χ0v) is 26.3. The van der Waals surface area contributed by atoms with Crippen molar-refractivity contribution in [1.29, 1.82) is 0 Å². The number of hydrogen-bond acceptors (Lipinski definition) is 18. The Hall–Kier alpha value is -3.47. The third kappa shape index (κ3) is 5.62. The summed E-state index contributed by atoms with van der Waals surface area (Å²) in [6.45, 7) is -2.05. The van der Waals surface area contributed by atoms with Gasteiger partial charge in [0, 0.05) is 5.82 Å². The van der Waals surface area contributed by atoms with Gasteiger partial charge in [-0.3, -0.25) is 46.8 Å². The average molecular weight is 717 g/mol. The van der Waals surface area contributed by atoms with Crippen molar-refractivity contribution in [2.45, 2.75) is 49.1 Å². The van der Waals surface area contributed by atoms with Crippen LogP contribution in [0.5, 0.6) is 0 Å². The Morgan fingerprint density at radius 1 is 0.872 bits per heavy atom. The summed E-state index contributed by atoms with van der Waals surface area (Å²) in [5.74, 6) is 0.427. The van der Waals surface area contributed by atoms with Gasteiger partial charge in [0.1, 0.15) is 36.6 Å². The Morgan fingerprint density at radius 2 is 1.34 bits per heavy atom. The monoisotopic (exact) mass is 716 g/mol. The molecule has 7 heterocycles. The van der Waals surface area contributed by atoms with E-state index in [-0.39, 0.29) is 34.2 Å². The van der Waals surface area contributed by atoms with Gasteiger partial charge in [-0.2, -0.15) is 9.97 Å². The maximum Gasteiger partial charge on any atom is 0.386 e. The molecule has 4 aromatic rings. The van der Waals surface area contributed by atoms with E-state index in [0.717, 1.165) is 5.82 Å². The van der Waals surface area contributed by atoms with E-state index < -0.39 is 87.8 Å². The van der Waals surface area contributed by atoms with Gasteiger partial charge in [0.15, 0.2) is 34.8 Å². The molecule has 4 aromatic heterocycles. The third-order valence-corrected chi connectivity index (χ3v) is 10.7. The highest BCUT2D eigenvalue weighted by Gasteiger charge is 2.53. The molecule has 0 aromatic carbocycles. The van der Waals surface area contributed by atoms with Gasteiger partial charge in [-0.25, -0.2) is 14.5 Å². The minimum absolute atomic E-state index is 0.0402. The standard InChI is InChI=1S/C22H26N10O12P2S/c1-2-45(37)39-3-7-14(12(34)20(41-7)32-6-26-10-16(32)28-22(24)30-18(10)36)44-46(38,47)40-4-8-13(43-45)11(33)19(42-8)31-5-25-9-15(31)27-21(23)29-17(9)35/h2,5-8,11-14,19-20,33-34H,1,3-4H2,(H,38,47)(H3,23,27,29,35)(H3,24,28,30,36)/t7-,8-,11-,12-,13-,14-,19-,20-,45+,46-/m1/s1. The van der Waals surface area contributed by atoms with E-state index in [1.807, 2.05) is 0 Å². The first-order valence-electron chi connectivity index (χ1n) is 13.6. The molecular formula is C22H26N10O12P2S. The molecule has 0 unspecified atom stereocenters. The van der Waals surface area contributed by atoms with Crippen LogP contribution in [-0.4, -0.2) is 99.1 Å². The smallest absolute Gasteiger partial charge is 0.386 e. The molecule has 252 valence electrons. The molecule has 0 spiro atoms. The van der Waals surface area contributed by atoms with Gasteiger partial charge in [-0.05, 0) is 0 Å². The Balaban J connectivity index is 1.19. The van der Waals surface area contributed by atoms with Gasteiger partial charge in [-0.1, -0.05) is 18.8 Å². The van der Waals surface area contributed by atoms with Crippen molar-refractivity contribution in [3.05, 3.63) is 45.8 Å². The number of aliphatic hydroxyl groups is 2. The van der Waals surface area contributed by atoms with Gasteiger partial charge in [0.2, 0.25) is 11.9 Å². The van der Waals surface area contributed by atoms with E-state index in [1.165, 1.54) is 21.8 Å². The predicted octanol–water partition coefficient (Wildman–Crippen LogP) is -0.874. The van der Waals surface area contributed by atoms with Crippen LogP contribution in [0.3, 0.4) is 0 Å². The van der Waals surface area contributed by atoms with E-state index >= 15 is 0 Å². The molecule has 22 nitrogen and oxygen atoms in total. The fourth-order valence-electron chi connectivity index (χ4n) is 5.51. The lowest BCUT2D eigenvalue weighted by atomic mass is 10.1. The zero-order valence-electron chi connectivity index (χ0n) is 23.6. The summed E-state index contributed by atoms with van der Waals surface area (Å²) in [5, 5.41) is 22.6. The van der Waals surface area contributed by atoms with Gasteiger partial charge < -0.3 is 35.7 Å². The van der Waals surface area contributed by atoms with E-state index in [1.54, 1.807) is 0 Å². The molecule has 0 aliphatic carbocycles. The van der Waals surface area contributed by atoms with Crippen molar-refractivity contribution in [2.75, 3.05) is 24.7 Å². The summed E-state index contributed by atoms with van der Waals surface area (Å²) >= 11 is 4.05. The van der Waals surface area contributed by atoms with Crippen molar-refractivity contribution in [3.8, 4) is 0 Å². The number of nitrogen functional groups attached to an aromatic ring is 2. The topological polar surface area (TPSA) is 309 Å². The molecule has 3 fully saturated rings. The highest BCUT2D eigenvalue weighted by molar-refractivity contribution is 8.44. The molecule has 3 saturated heterocycles. The number of thiol groups is 1. The molecule has 8 N–H and O–H groups in total. The number of hydrogen-bond donors (Lipinski definition) is 7. The highest BCUT2D eigenvalue weighted by atomic mass is 32.7. The van der Waals surface area contributed by atoms with Crippen molar-refractivity contribution < 1.29 is 46.9 Å². The summed E-state index contributed by atoms with van der Waals surface area (Å²) in [6, 6.07) is 0. The highest BCUT2D eigenvalue weighted by Crippen LogP contribution is 2.59. The van der Waals surface area contributed by atoms with Crippen LogP contribution in [0, 0.1) is 0 Å². The molecule has 10 atom stereocenters. The van der Waals surface area contributed by atoms with Crippen molar-refractivity contribution in [3.63, 3.8) is 0 Å². The Labute approximate surface area is 266 Å². The number of nitrogens with one attached hydrogen (secondary N) is 2. The Kier molecular flexibility index (Phi) is 7.92. The first-order chi connectivity index (χ1) is 22.3. The number of H-pyrrole nitrogens is 2. The second-order valence-corrected chi connectivity index (χ2v) is 15.4. The van der Waals surface area contributed by atoms with Crippen LogP contribution in [0.1, 0.15) is 12.5 Å². The first kappa shape index (κ1) is 32.1. The number of aliphatic hydroxyl groups excluding tert-OH is 2. The van der Waals surface area contributed by atoms with Crippen LogP contribution in [0.2, 0.25) is 0 Å². The maximum absolute atomic E-state index is 13.8. The molecule has 3 aliphatic rings. The number of nitrogens with two attached hydrogens (primary N) is 2. The molecular weight excluding hydrogens is 690 g/mol. The number of aromatic nitrogens is 8. The second-order valence-electron chi connectivity index (χ2n) is 10.6. The van der Waals surface area contributed by atoms with E-state index in [4.69, 9.17) is 39.0 Å². The number of fused-ring (bicyclic) bond motifs is 4. The quantitative estimate of drug-likeness (QED) is 0.100. The molecule has 25 heteroatoms. The minimum Gasteiger partial charge on any atom is -0.386 e. The minimum atomic E-state index is -4.37. The van der Waals surface area contributed by atoms with Crippen LogP contribution in [0.25, 0.3) is 22.3 Å². The third-order valence-electron chi connectivity index (χ3n) is 7.64. The lowest BCUT2D eigenvalue weighted by Gasteiger charge is -2.29. The van der Waals surface area contributed by atoms with Gasteiger partial charge in [0.05, 0.1) is 25.9 Å². The number of anilines is 2. The van der Waals surface area contributed by atoms with Crippen LogP contribution >= 0.6 is 26.6 Å². The number of rotatable bonds is 3. The fraction of sp³-hybridized carbons (Fsp3) is 0.455. The maximum atomic E-state index is 13.8. The summed E-state index contributed by atoms with van der Waals surface area (Å²) in [6.07, 6.45) is -9.15. The summed E-state index contributed by atoms with van der Waals surface area (Å²) in [7, 11) is -4.30. The van der Waals surface area contributed by atoms with Crippen molar-refractivity contribution in [1.82, 2.24) is 39.0 Å². The van der Waals surface area contributed by atoms with E-state index in [9.17, 15) is 28.9 Å². The van der Waals surface area contributed by atoms with Crippen LogP contribution in [0.15, 0.2) is 34.6 Å². The van der Waals surface area contributed by atoms with Gasteiger partial charge >= 0.3 is 14.4 Å². The fourth-order valence-corrected chi connectivity index (χ4v) is 8.21. The molecule has 0 radical (unpaired) electrons. The lowest BCUT2D eigenvalue weighted by molar-refractivity contribution is -0.0567. The Bertz CT molecular complexity index is 2100. The van der Waals surface area contributed by atoms with Crippen molar-refractivity contribution >= 4 is 60.9 Å². The van der Waals surface area contributed by atoms with Crippen LogP contribution in [0.4, 0.5) is 11.9 Å². The number of ether oxygens (including phenoxy) is 2. The molecule has 47 heavy (non-hydrogen) atoms. The normalized spacial score (nSPS) is 36.5. The second kappa shape index (κ2) is 11.6. The van der Waals surface area contributed by atoms with Crippen LogP contribution < -0.4 is 22.6 Å². The summed E-state index contributed by atoms with van der Waals surface area (Å²) in [4.78, 5) is 45.3. The summed E-state index contributed by atoms with van der Waals surface area (Å²) < 4.78 is 64.1. The molecule has 3 aliphatic heterocycles. The SMILES string of the molecule is C=C[P@]1(=O)OC[C@H]2O[C@@H](n3cnc4c(=O)[nH]c(N)nc43)[C@H](O)[C@@H]2O[P@](=O)(S)OC[C@H]2O[C@@H](n3cnc4c(=O)[nH]c(N)nc43)[C@H](O)[C@@H]2O1. The Morgan fingerprint density at radius 3 is 1.83 bits per heavy atom. The molecule has 0 saturated carbocycles. The largest absolute Gasteiger partial charge is 0.386 e. The van der Waals surface area contributed by atoms with E-state index in [0.29, 0.717) is 0 Å². The zero-order chi connectivity index (χ0) is 33.4. The molecule has 0 bridgehead atoms.